The van der Waals surface area contributed by atoms with Gasteiger partial charge in [-0.15, -0.1) is 0 Å². The van der Waals surface area contributed by atoms with Gasteiger partial charge < -0.3 is 22.5 Å². The van der Waals surface area contributed by atoms with Gasteiger partial charge in [0.15, 0.2) is 5.11 Å². The molecule has 6 nitrogen and oxygen atoms in total. The number of nitrogens with two attached hydrogens (primary N) is 3. The summed E-state index contributed by atoms with van der Waals surface area (Å²) in [6.07, 6.45) is 0.965. The molecule has 0 radical (unpaired) electrons. The monoisotopic (exact) mass is 188 g/mol. The molecule has 0 aliphatic carbocycles. The van der Waals surface area contributed by atoms with Crippen molar-refractivity contribution in [2.45, 2.75) is 0 Å². The molecule has 7 N–H and O–H groups in total. The van der Waals surface area contributed by atoms with Gasteiger partial charge in [-0.05, 0) is 12.2 Å². The van der Waals surface area contributed by atoms with Crippen LogP contribution in [-0.2, 0) is 9.59 Å². The number of thiocarbonyl (C=S) groups is 1. The Balaban J connectivity index is 4.51. The number of carbonyl (C=O) groups is 2. The van der Waals surface area contributed by atoms with Gasteiger partial charge in [-0.2, -0.15) is 0 Å². The summed E-state index contributed by atoms with van der Waals surface area (Å²) in [6.45, 7) is 0. The fourth-order valence-electron chi connectivity index (χ4n) is 0.407. The van der Waals surface area contributed by atoms with Crippen LogP contribution in [0.25, 0.3) is 0 Å². The summed E-state index contributed by atoms with van der Waals surface area (Å²) in [5.74, 6) is -1.88. The quantitative estimate of drug-likeness (QED) is 0.171. The van der Waals surface area contributed by atoms with E-state index in [0.29, 0.717) is 0 Å². The van der Waals surface area contributed by atoms with Crippen LogP contribution in [-0.4, -0.2) is 16.9 Å². The third-order valence-electron chi connectivity index (χ3n) is 0.890. The smallest absolute Gasteiger partial charge is 0.255 e. The van der Waals surface area contributed by atoms with Crippen LogP contribution in [0.5, 0.6) is 0 Å². The Hall–Kier alpha value is -1.63. The van der Waals surface area contributed by atoms with E-state index >= 15 is 0 Å². The summed E-state index contributed by atoms with van der Waals surface area (Å²) < 4.78 is 0. The van der Waals surface area contributed by atoms with E-state index in [-0.39, 0.29) is 10.7 Å². The molecule has 0 atom stereocenters. The topological polar surface area (TPSA) is 124 Å². The average Bonchev–Trinajstić information content (AvgIpc) is 1.84. The number of amides is 2. The van der Waals surface area contributed by atoms with Crippen molar-refractivity contribution < 1.29 is 9.59 Å². The lowest BCUT2D eigenvalue weighted by atomic mass is 10.2. The summed E-state index contributed by atoms with van der Waals surface area (Å²) in [7, 11) is 0. The number of rotatable bonds is 3. The minimum atomic E-state index is -0.939. The SMILES string of the molecule is NC(=O)C(=CNC(N)=S)C(N)=O. The van der Waals surface area contributed by atoms with Gasteiger partial charge in [0.2, 0.25) is 0 Å². The largest absolute Gasteiger partial charge is 0.376 e. The number of nitrogens with one attached hydrogen (secondary N) is 1. The highest BCUT2D eigenvalue weighted by Gasteiger charge is 2.10. The summed E-state index contributed by atoms with van der Waals surface area (Å²) >= 11 is 4.40. The van der Waals surface area contributed by atoms with Crippen LogP contribution >= 0.6 is 12.2 Å². The number of primary amides is 2. The fraction of sp³-hybridized carbons (Fsp3) is 0. The maximum atomic E-state index is 10.5. The van der Waals surface area contributed by atoms with Gasteiger partial charge in [-0.3, -0.25) is 9.59 Å². The first-order chi connectivity index (χ1) is 5.45. The molecule has 0 unspecified atom stereocenters. The van der Waals surface area contributed by atoms with Crippen LogP contribution in [0.1, 0.15) is 0 Å². The molecule has 0 rings (SSSR count). The van der Waals surface area contributed by atoms with E-state index in [0.717, 1.165) is 6.20 Å². The standard InChI is InChI=1S/C5H8N4O2S/c6-3(10)2(4(7)11)1-9-5(8)12/h1H,(H2,6,10)(H2,7,11)(H3,8,9,12). The first-order valence-electron chi connectivity index (χ1n) is 2.81. The van der Waals surface area contributed by atoms with Crippen LogP contribution in [0, 0.1) is 0 Å². The van der Waals surface area contributed by atoms with Gasteiger partial charge >= 0.3 is 0 Å². The second-order valence-corrected chi connectivity index (χ2v) is 2.23. The van der Waals surface area contributed by atoms with E-state index in [4.69, 9.17) is 17.2 Å². The van der Waals surface area contributed by atoms with Crippen molar-refractivity contribution in [1.29, 1.82) is 0 Å². The number of hydrogen-bond donors (Lipinski definition) is 4. The third-order valence-corrected chi connectivity index (χ3v) is 1.01. The molecule has 0 aliphatic heterocycles. The van der Waals surface area contributed by atoms with Gasteiger partial charge in [0, 0.05) is 6.20 Å². The number of carbonyl (C=O) groups excluding carboxylic acids is 2. The molecular formula is C5H8N4O2S. The molecule has 0 aromatic carbocycles. The molecule has 0 aromatic heterocycles. The predicted octanol–water partition coefficient (Wildman–Crippen LogP) is -2.33. The maximum Gasteiger partial charge on any atom is 0.255 e. The van der Waals surface area contributed by atoms with E-state index in [1.807, 2.05) is 0 Å². The van der Waals surface area contributed by atoms with Crippen molar-refractivity contribution in [3.63, 3.8) is 0 Å². The van der Waals surface area contributed by atoms with Gasteiger partial charge in [0.1, 0.15) is 5.57 Å². The van der Waals surface area contributed by atoms with E-state index in [2.05, 4.69) is 17.5 Å². The van der Waals surface area contributed by atoms with Crippen molar-refractivity contribution in [2.24, 2.45) is 17.2 Å². The summed E-state index contributed by atoms with van der Waals surface area (Å²) in [5, 5.41) is 2.17. The molecule has 12 heavy (non-hydrogen) atoms. The lowest BCUT2D eigenvalue weighted by molar-refractivity contribution is -0.120. The Morgan fingerprint density at radius 2 is 1.58 bits per heavy atom. The highest BCUT2D eigenvalue weighted by Crippen LogP contribution is 1.87. The molecule has 66 valence electrons. The van der Waals surface area contributed by atoms with E-state index in [1.165, 1.54) is 0 Å². The first-order valence-corrected chi connectivity index (χ1v) is 3.21. The molecule has 2 amide bonds. The van der Waals surface area contributed by atoms with Crippen molar-refractivity contribution in [3.8, 4) is 0 Å². The summed E-state index contributed by atoms with van der Waals surface area (Å²) in [6, 6.07) is 0. The minimum Gasteiger partial charge on any atom is -0.376 e. The highest BCUT2D eigenvalue weighted by molar-refractivity contribution is 7.80. The van der Waals surface area contributed by atoms with Crippen molar-refractivity contribution in [1.82, 2.24) is 5.32 Å². The molecule has 7 heteroatoms. The second kappa shape index (κ2) is 4.29. The average molecular weight is 188 g/mol. The summed E-state index contributed by atoms with van der Waals surface area (Å²) in [4.78, 5) is 21.0. The van der Waals surface area contributed by atoms with E-state index in [1.54, 1.807) is 0 Å². The Kier molecular flexibility index (Phi) is 3.71. The Labute approximate surface area is 73.8 Å². The summed E-state index contributed by atoms with van der Waals surface area (Å²) in [5.41, 5.74) is 14.2. The normalized spacial score (nSPS) is 8.33. The molecule has 0 saturated carbocycles. The molecule has 0 saturated heterocycles. The maximum absolute atomic E-state index is 10.5. The molecule has 0 heterocycles. The van der Waals surface area contributed by atoms with E-state index in [9.17, 15) is 9.59 Å². The van der Waals surface area contributed by atoms with Crippen LogP contribution in [0.3, 0.4) is 0 Å². The molecule has 0 spiro atoms. The second-order valence-electron chi connectivity index (χ2n) is 1.80. The zero-order valence-corrected chi connectivity index (χ0v) is 6.85. The van der Waals surface area contributed by atoms with Gasteiger partial charge in [0.25, 0.3) is 11.8 Å². The Bertz CT molecular complexity index is 244. The van der Waals surface area contributed by atoms with Crippen LogP contribution in [0.15, 0.2) is 11.8 Å². The molecule has 0 aromatic rings. The van der Waals surface area contributed by atoms with Gasteiger partial charge in [0.05, 0.1) is 0 Å². The van der Waals surface area contributed by atoms with Gasteiger partial charge in [-0.1, -0.05) is 0 Å². The number of hydrogen-bond acceptors (Lipinski definition) is 3. The van der Waals surface area contributed by atoms with Gasteiger partial charge in [-0.25, -0.2) is 0 Å². The van der Waals surface area contributed by atoms with Crippen molar-refractivity contribution in [2.75, 3.05) is 0 Å². The Morgan fingerprint density at radius 1 is 1.17 bits per heavy atom. The van der Waals surface area contributed by atoms with Crippen molar-refractivity contribution >= 4 is 29.1 Å². The third kappa shape index (κ3) is 3.52. The molecule has 0 aliphatic rings. The van der Waals surface area contributed by atoms with Crippen LogP contribution in [0.2, 0.25) is 0 Å². The molecular weight excluding hydrogens is 180 g/mol. The lowest BCUT2D eigenvalue weighted by Gasteiger charge is -1.98. The van der Waals surface area contributed by atoms with Crippen molar-refractivity contribution in [3.05, 3.63) is 11.8 Å². The fourth-order valence-corrected chi connectivity index (χ4v) is 0.466. The first kappa shape index (κ1) is 10.4. The lowest BCUT2D eigenvalue weighted by Crippen LogP contribution is -2.31. The zero-order valence-electron chi connectivity index (χ0n) is 6.03. The zero-order chi connectivity index (χ0) is 9.72. The molecule has 0 bridgehead atoms. The predicted molar refractivity (Wildman–Crippen MR) is 46.4 cm³/mol. The minimum absolute atomic E-state index is 0.0880. The van der Waals surface area contributed by atoms with Crippen LogP contribution < -0.4 is 22.5 Å². The van der Waals surface area contributed by atoms with Crippen LogP contribution in [0.4, 0.5) is 0 Å². The molecule has 0 fully saturated rings. The Morgan fingerprint density at radius 3 is 1.83 bits per heavy atom. The highest BCUT2D eigenvalue weighted by atomic mass is 32.1. The van der Waals surface area contributed by atoms with E-state index < -0.39 is 11.8 Å².